The molecule has 5 nitrogen and oxygen atoms in total. The lowest BCUT2D eigenvalue weighted by Gasteiger charge is -2.16. The minimum atomic E-state index is -3.04. The smallest absolute Gasteiger partial charge is 0.226 e. The van der Waals surface area contributed by atoms with Crippen LogP contribution in [0.2, 0.25) is 0 Å². The summed E-state index contributed by atoms with van der Waals surface area (Å²) in [4.78, 5) is 13.2. The van der Waals surface area contributed by atoms with E-state index in [1.54, 1.807) is 31.3 Å². The quantitative estimate of drug-likeness (QED) is 0.814. The van der Waals surface area contributed by atoms with Crippen molar-refractivity contribution in [2.45, 2.75) is 6.42 Å². The van der Waals surface area contributed by atoms with Gasteiger partial charge >= 0.3 is 0 Å². The molecule has 108 valence electrons. The van der Waals surface area contributed by atoms with E-state index in [4.69, 9.17) is 5.73 Å². The van der Waals surface area contributed by atoms with E-state index < -0.39 is 9.84 Å². The normalized spacial score (nSPS) is 10.6. The van der Waals surface area contributed by atoms with E-state index in [-0.39, 0.29) is 37.0 Å². The first-order valence-electron chi connectivity index (χ1n) is 5.54. The second kappa shape index (κ2) is 7.35. The molecule has 0 aromatic heterocycles. The molecule has 0 saturated heterocycles. The molecule has 0 radical (unpaired) electrons. The van der Waals surface area contributed by atoms with Crippen molar-refractivity contribution in [3.63, 3.8) is 0 Å². The number of hydrogen-bond donors (Lipinski definition) is 1. The average Bonchev–Trinajstić information content (AvgIpc) is 2.28. The monoisotopic (exact) mass is 306 g/mol. The molecular weight excluding hydrogens is 288 g/mol. The number of amides is 1. The van der Waals surface area contributed by atoms with E-state index in [0.29, 0.717) is 5.69 Å². The van der Waals surface area contributed by atoms with Crippen molar-refractivity contribution < 1.29 is 13.2 Å². The van der Waals surface area contributed by atoms with Gasteiger partial charge in [-0.15, -0.1) is 12.4 Å². The number of carbonyl (C=O) groups excluding carboxylic acids is 1. The summed E-state index contributed by atoms with van der Waals surface area (Å²) >= 11 is 0. The van der Waals surface area contributed by atoms with E-state index in [1.807, 2.05) is 0 Å². The van der Waals surface area contributed by atoms with E-state index in [0.717, 1.165) is 11.8 Å². The Labute approximate surface area is 120 Å². The molecule has 0 saturated carbocycles. The molecule has 7 heteroatoms. The Kier molecular flexibility index (Phi) is 6.86. The van der Waals surface area contributed by atoms with Crippen molar-refractivity contribution in [2.75, 3.05) is 31.3 Å². The molecule has 0 spiro atoms. The fraction of sp³-hybridized carbons (Fsp3) is 0.417. The third-order valence-electron chi connectivity index (χ3n) is 2.56. The lowest BCUT2D eigenvalue weighted by molar-refractivity contribution is -0.128. The van der Waals surface area contributed by atoms with Crippen LogP contribution >= 0.6 is 12.4 Å². The highest BCUT2D eigenvalue weighted by atomic mass is 35.5. The Morgan fingerprint density at radius 3 is 2.26 bits per heavy atom. The number of nitrogens with zero attached hydrogens (tertiary/aromatic N) is 1. The van der Waals surface area contributed by atoms with E-state index in [1.165, 1.54) is 4.90 Å². The summed E-state index contributed by atoms with van der Waals surface area (Å²) in [5, 5.41) is 0. The Balaban J connectivity index is 0.00000324. The predicted molar refractivity (Wildman–Crippen MR) is 79.2 cm³/mol. The van der Waals surface area contributed by atoms with E-state index in [2.05, 4.69) is 0 Å². The van der Waals surface area contributed by atoms with Gasteiger partial charge in [0.2, 0.25) is 5.91 Å². The molecule has 0 heterocycles. The van der Waals surface area contributed by atoms with Gasteiger partial charge in [0.25, 0.3) is 0 Å². The van der Waals surface area contributed by atoms with Crippen LogP contribution < -0.4 is 5.73 Å². The summed E-state index contributed by atoms with van der Waals surface area (Å²) in [7, 11) is -1.44. The molecule has 0 aliphatic rings. The molecule has 1 aromatic carbocycles. The molecule has 2 N–H and O–H groups in total. The van der Waals surface area contributed by atoms with Gasteiger partial charge in [-0.1, -0.05) is 12.1 Å². The van der Waals surface area contributed by atoms with Gasteiger partial charge in [0.15, 0.2) is 0 Å². The molecule has 1 aromatic rings. The van der Waals surface area contributed by atoms with Gasteiger partial charge in [0.05, 0.1) is 12.2 Å². The third kappa shape index (κ3) is 7.03. The highest BCUT2D eigenvalue weighted by Crippen LogP contribution is 2.07. The highest BCUT2D eigenvalue weighted by molar-refractivity contribution is 7.90. The number of likely N-dealkylation sites (N-methyl/N-ethyl adjacent to an activating group) is 1. The van der Waals surface area contributed by atoms with Gasteiger partial charge < -0.3 is 10.6 Å². The maximum atomic E-state index is 11.8. The van der Waals surface area contributed by atoms with Crippen LogP contribution in [-0.4, -0.2) is 44.8 Å². The van der Waals surface area contributed by atoms with Gasteiger partial charge in [-0.05, 0) is 17.7 Å². The maximum Gasteiger partial charge on any atom is 0.226 e. The fourth-order valence-electron chi connectivity index (χ4n) is 1.37. The van der Waals surface area contributed by atoms with Crippen LogP contribution in [0.15, 0.2) is 24.3 Å². The molecule has 0 aliphatic carbocycles. The summed E-state index contributed by atoms with van der Waals surface area (Å²) in [6.45, 7) is 0.215. The summed E-state index contributed by atoms with van der Waals surface area (Å²) in [5.41, 5.74) is 7.06. The minimum Gasteiger partial charge on any atom is -0.399 e. The van der Waals surface area contributed by atoms with E-state index in [9.17, 15) is 13.2 Å². The zero-order chi connectivity index (χ0) is 13.8. The maximum absolute atomic E-state index is 11.8. The SMILES string of the molecule is CN(CCS(C)(=O)=O)C(=O)Cc1ccc(N)cc1.Cl. The second-order valence-electron chi connectivity index (χ2n) is 4.36. The number of nitrogen functional groups attached to an aromatic ring is 1. The van der Waals surface area contributed by atoms with Gasteiger partial charge in [-0.25, -0.2) is 8.42 Å². The van der Waals surface area contributed by atoms with Gasteiger partial charge in [-0.3, -0.25) is 4.79 Å². The van der Waals surface area contributed by atoms with Crippen molar-refractivity contribution in [3.05, 3.63) is 29.8 Å². The summed E-state index contributed by atoms with van der Waals surface area (Å²) in [5.74, 6) is -0.125. The molecular formula is C12H19ClN2O3S. The fourth-order valence-corrected chi connectivity index (χ4v) is 1.98. The van der Waals surface area contributed by atoms with Gasteiger partial charge in [-0.2, -0.15) is 0 Å². The first-order valence-corrected chi connectivity index (χ1v) is 7.60. The predicted octanol–water partition coefficient (Wildman–Crippen LogP) is 0.736. The van der Waals surface area contributed by atoms with Gasteiger partial charge in [0.1, 0.15) is 9.84 Å². The zero-order valence-corrected chi connectivity index (χ0v) is 12.6. The Hall–Kier alpha value is -1.27. The molecule has 0 unspecified atom stereocenters. The summed E-state index contributed by atoms with van der Waals surface area (Å²) in [6.07, 6.45) is 1.41. The van der Waals surface area contributed by atoms with Crippen LogP contribution in [0.3, 0.4) is 0 Å². The molecule has 0 aliphatic heterocycles. The van der Waals surface area contributed by atoms with E-state index >= 15 is 0 Å². The number of hydrogen-bond acceptors (Lipinski definition) is 4. The Morgan fingerprint density at radius 1 is 1.26 bits per heavy atom. The first-order chi connectivity index (χ1) is 8.28. The standard InChI is InChI=1S/C12H18N2O3S.ClH/c1-14(7-8-18(2,16)17)12(15)9-10-3-5-11(13)6-4-10;/h3-6H,7-9,13H2,1-2H3;1H. The molecule has 1 amide bonds. The van der Waals surface area contributed by atoms with Crippen molar-refractivity contribution in [1.29, 1.82) is 0 Å². The average molecular weight is 307 g/mol. The lowest BCUT2D eigenvalue weighted by Crippen LogP contribution is -2.32. The van der Waals surface area contributed by atoms with Crippen LogP contribution in [0.4, 0.5) is 5.69 Å². The lowest BCUT2D eigenvalue weighted by atomic mass is 10.1. The molecule has 0 bridgehead atoms. The second-order valence-corrected chi connectivity index (χ2v) is 6.62. The molecule has 1 rings (SSSR count). The van der Waals surface area contributed by atoms with Crippen LogP contribution in [0, 0.1) is 0 Å². The third-order valence-corrected chi connectivity index (χ3v) is 3.48. The molecule has 0 fully saturated rings. The van der Waals surface area contributed by atoms with Crippen molar-refractivity contribution in [3.8, 4) is 0 Å². The van der Waals surface area contributed by atoms with Crippen molar-refractivity contribution in [1.82, 2.24) is 4.90 Å². The van der Waals surface area contributed by atoms with Crippen LogP contribution in [-0.2, 0) is 21.1 Å². The highest BCUT2D eigenvalue weighted by Gasteiger charge is 2.12. The number of benzene rings is 1. The number of rotatable bonds is 5. The zero-order valence-electron chi connectivity index (χ0n) is 11.0. The molecule has 0 atom stereocenters. The topological polar surface area (TPSA) is 80.5 Å². The number of halogens is 1. The van der Waals surface area contributed by atoms with Crippen LogP contribution in [0.25, 0.3) is 0 Å². The first kappa shape index (κ1) is 17.7. The number of carbonyl (C=O) groups is 1. The molecule has 19 heavy (non-hydrogen) atoms. The Bertz CT molecular complexity index is 514. The van der Waals surface area contributed by atoms with Crippen molar-refractivity contribution in [2.24, 2.45) is 0 Å². The van der Waals surface area contributed by atoms with Crippen LogP contribution in [0.5, 0.6) is 0 Å². The number of sulfone groups is 1. The van der Waals surface area contributed by atoms with Gasteiger partial charge in [0, 0.05) is 25.5 Å². The number of nitrogens with two attached hydrogens (primary N) is 1. The van der Waals surface area contributed by atoms with Crippen LogP contribution in [0.1, 0.15) is 5.56 Å². The Morgan fingerprint density at radius 2 is 1.79 bits per heavy atom. The number of anilines is 1. The minimum absolute atomic E-state index is 0. The summed E-state index contributed by atoms with van der Waals surface area (Å²) in [6, 6.07) is 7.05. The summed E-state index contributed by atoms with van der Waals surface area (Å²) < 4.78 is 22.0. The van der Waals surface area contributed by atoms with Crippen molar-refractivity contribution >= 4 is 33.8 Å². The largest absolute Gasteiger partial charge is 0.399 e.